The third-order valence-corrected chi connectivity index (χ3v) is 3.73. The van der Waals surface area contributed by atoms with Crippen LogP contribution in [0.5, 0.6) is 5.75 Å². The molecule has 0 bridgehead atoms. The summed E-state index contributed by atoms with van der Waals surface area (Å²) in [6, 6.07) is 5.38. The highest BCUT2D eigenvalue weighted by molar-refractivity contribution is 9.10. The topological polar surface area (TPSA) is 38.8 Å². The number of hydrogen-bond donors (Lipinski definition) is 0. The lowest BCUT2D eigenvalue weighted by Crippen LogP contribution is -2.48. The fourth-order valence-corrected chi connectivity index (χ4v) is 2.87. The van der Waals surface area contributed by atoms with Gasteiger partial charge in [0.15, 0.2) is 0 Å². The highest BCUT2D eigenvalue weighted by Gasteiger charge is 2.26. The first-order valence-corrected chi connectivity index (χ1v) is 7.09. The van der Waals surface area contributed by atoms with Crippen molar-refractivity contribution < 1.29 is 14.3 Å². The standard InChI is InChI=1S/C14H18BrNO3/c1-9-7-16(8-10(2)19-9)14(17)11-4-5-13(18-3)12(15)6-11/h4-6,9-10H,7-8H2,1-3H3/t9-,10+. The molecule has 1 heterocycles. The molecular weight excluding hydrogens is 310 g/mol. The largest absolute Gasteiger partial charge is 0.496 e. The lowest BCUT2D eigenvalue weighted by Gasteiger charge is -2.35. The zero-order valence-corrected chi connectivity index (χ0v) is 12.9. The summed E-state index contributed by atoms with van der Waals surface area (Å²) in [5.74, 6) is 0.755. The van der Waals surface area contributed by atoms with Crippen LogP contribution in [-0.2, 0) is 4.74 Å². The minimum atomic E-state index is 0.0327. The Hall–Kier alpha value is -1.07. The van der Waals surface area contributed by atoms with Crippen LogP contribution < -0.4 is 4.74 Å². The number of benzene rings is 1. The van der Waals surface area contributed by atoms with E-state index in [1.807, 2.05) is 18.7 Å². The van der Waals surface area contributed by atoms with E-state index < -0.39 is 0 Å². The fraction of sp³-hybridized carbons (Fsp3) is 0.500. The number of rotatable bonds is 2. The van der Waals surface area contributed by atoms with E-state index in [4.69, 9.17) is 9.47 Å². The third-order valence-electron chi connectivity index (χ3n) is 3.11. The first kappa shape index (κ1) is 14.3. The van der Waals surface area contributed by atoms with Gasteiger partial charge in [0.1, 0.15) is 5.75 Å². The molecule has 1 aromatic carbocycles. The van der Waals surface area contributed by atoms with E-state index in [-0.39, 0.29) is 18.1 Å². The highest BCUT2D eigenvalue weighted by Crippen LogP contribution is 2.26. The number of hydrogen-bond acceptors (Lipinski definition) is 3. The second-order valence-electron chi connectivity index (χ2n) is 4.82. The zero-order chi connectivity index (χ0) is 14.0. The van der Waals surface area contributed by atoms with Crippen molar-refractivity contribution in [2.24, 2.45) is 0 Å². The van der Waals surface area contributed by atoms with Crippen molar-refractivity contribution in [3.8, 4) is 5.75 Å². The molecule has 0 aromatic heterocycles. The van der Waals surface area contributed by atoms with Crippen LogP contribution in [0.2, 0.25) is 0 Å². The summed E-state index contributed by atoms with van der Waals surface area (Å²) in [5, 5.41) is 0. The summed E-state index contributed by atoms with van der Waals surface area (Å²) in [4.78, 5) is 14.3. The number of methoxy groups -OCH3 is 1. The molecule has 19 heavy (non-hydrogen) atoms. The van der Waals surface area contributed by atoms with E-state index in [0.717, 1.165) is 10.2 Å². The molecule has 2 rings (SSSR count). The van der Waals surface area contributed by atoms with Crippen LogP contribution in [0, 0.1) is 0 Å². The summed E-state index contributed by atoms with van der Waals surface area (Å²) >= 11 is 3.40. The van der Waals surface area contributed by atoms with E-state index >= 15 is 0 Å². The molecule has 1 fully saturated rings. The molecule has 1 aliphatic rings. The number of morpholine rings is 1. The van der Waals surface area contributed by atoms with Gasteiger partial charge in [-0.2, -0.15) is 0 Å². The molecule has 2 atom stereocenters. The van der Waals surface area contributed by atoms with Gasteiger partial charge in [-0.3, -0.25) is 4.79 Å². The Bertz CT molecular complexity index is 468. The molecular formula is C14H18BrNO3. The normalized spacial score (nSPS) is 23.3. The number of nitrogens with zero attached hydrogens (tertiary/aromatic N) is 1. The molecule has 0 radical (unpaired) electrons. The van der Waals surface area contributed by atoms with Crippen molar-refractivity contribution in [3.63, 3.8) is 0 Å². The molecule has 0 spiro atoms. The first-order chi connectivity index (χ1) is 9.01. The number of amides is 1. The van der Waals surface area contributed by atoms with Gasteiger partial charge in [0.05, 0.1) is 23.8 Å². The summed E-state index contributed by atoms with van der Waals surface area (Å²) in [5.41, 5.74) is 0.661. The highest BCUT2D eigenvalue weighted by atomic mass is 79.9. The quantitative estimate of drug-likeness (QED) is 0.838. The van der Waals surface area contributed by atoms with Crippen molar-refractivity contribution >= 4 is 21.8 Å². The molecule has 1 aliphatic heterocycles. The molecule has 0 N–H and O–H groups in total. The second-order valence-corrected chi connectivity index (χ2v) is 5.67. The van der Waals surface area contributed by atoms with E-state index in [9.17, 15) is 4.79 Å². The Labute approximate surface area is 121 Å². The Morgan fingerprint density at radius 3 is 2.53 bits per heavy atom. The van der Waals surface area contributed by atoms with Crippen molar-refractivity contribution in [2.45, 2.75) is 26.1 Å². The number of carbonyl (C=O) groups excluding carboxylic acids is 1. The molecule has 104 valence electrons. The number of carbonyl (C=O) groups is 1. The summed E-state index contributed by atoms with van der Waals surface area (Å²) < 4.78 is 11.6. The van der Waals surface area contributed by atoms with Gasteiger partial charge in [-0.25, -0.2) is 0 Å². The van der Waals surface area contributed by atoms with Crippen LogP contribution in [-0.4, -0.2) is 43.2 Å². The van der Waals surface area contributed by atoms with Crippen LogP contribution in [0.3, 0.4) is 0 Å². The van der Waals surface area contributed by atoms with Gasteiger partial charge in [-0.05, 0) is 48.0 Å². The Morgan fingerprint density at radius 2 is 2.00 bits per heavy atom. The monoisotopic (exact) mass is 327 g/mol. The average Bonchev–Trinajstić information content (AvgIpc) is 2.36. The Kier molecular flexibility index (Phi) is 4.47. The average molecular weight is 328 g/mol. The lowest BCUT2D eigenvalue weighted by molar-refractivity contribution is -0.0586. The molecule has 0 unspecified atom stereocenters. The Morgan fingerprint density at radius 1 is 1.37 bits per heavy atom. The zero-order valence-electron chi connectivity index (χ0n) is 11.4. The van der Waals surface area contributed by atoms with Crippen molar-refractivity contribution in [2.75, 3.05) is 20.2 Å². The first-order valence-electron chi connectivity index (χ1n) is 6.29. The molecule has 1 aromatic rings. The molecule has 0 saturated carbocycles. The maximum Gasteiger partial charge on any atom is 0.254 e. The predicted octanol–water partition coefficient (Wildman–Crippen LogP) is 2.71. The van der Waals surface area contributed by atoms with E-state index in [1.165, 1.54) is 0 Å². The van der Waals surface area contributed by atoms with Crippen LogP contribution in [0.1, 0.15) is 24.2 Å². The maximum absolute atomic E-state index is 12.5. The van der Waals surface area contributed by atoms with Gasteiger partial charge in [-0.1, -0.05) is 0 Å². The van der Waals surface area contributed by atoms with Crippen LogP contribution in [0.25, 0.3) is 0 Å². The summed E-state index contributed by atoms with van der Waals surface area (Å²) in [6.45, 7) is 5.24. The Balaban J connectivity index is 2.17. The molecule has 0 aliphatic carbocycles. The molecule has 1 saturated heterocycles. The van der Waals surface area contributed by atoms with Crippen molar-refractivity contribution in [1.29, 1.82) is 0 Å². The molecule has 4 nitrogen and oxygen atoms in total. The minimum Gasteiger partial charge on any atom is -0.496 e. The lowest BCUT2D eigenvalue weighted by atomic mass is 10.1. The second kappa shape index (κ2) is 5.92. The SMILES string of the molecule is COc1ccc(C(=O)N2C[C@@H](C)O[C@@H](C)C2)cc1Br. The maximum atomic E-state index is 12.5. The van der Waals surface area contributed by atoms with E-state index in [1.54, 1.807) is 25.3 Å². The van der Waals surface area contributed by atoms with Gasteiger partial charge in [-0.15, -0.1) is 0 Å². The van der Waals surface area contributed by atoms with E-state index in [2.05, 4.69) is 15.9 Å². The van der Waals surface area contributed by atoms with Crippen molar-refractivity contribution in [1.82, 2.24) is 4.90 Å². The number of ether oxygens (including phenoxy) is 2. The van der Waals surface area contributed by atoms with Crippen LogP contribution in [0.15, 0.2) is 22.7 Å². The third kappa shape index (κ3) is 3.28. The van der Waals surface area contributed by atoms with Crippen LogP contribution >= 0.6 is 15.9 Å². The van der Waals surface area contributed by atoms with Crippen LogP contribution in [0.4, 0.5) is 0 Å². The van der Waals surface area contributed by atoms with Gasteiger partial charge < -0.3 is 14.4 Å². The number of halogens is 1. The van der Waals surface area contributed by atoms with Gasteiger partial charge in [0.25, 0.3) is 5.91 Å². The predicted molar refractivity (Wildman–Crippen MR) is 76.6 cm³/mol. The fourth-order valence-electron chi connectivity index (χ4n) is 2.33. The van der Waals surface area contributed by atoms with Crippen molar-refractivity contribution in [3.05, 3.63) is 28.2 Å². The van der Waals surface area contributed by atoms with Gasteiger partial charge in [0.2, 0.25) is 0 Å². The smallest absolute Gasteiger partial charge is 0.254 e. The van der Waals surface area contributed by atoms with Gasteiger partial charge in [0, 0.05) is 18.7 Å². The molecule has 1 amide bonds. The summed E-state index contributed by atoms with van der Waals surface area (Å²) in [7, 11) is 1.60. The van der Waals surface area contributed by atoms with Gasteiger partial charge >= 0.3 is 0 Å². The summed E-state index contributed by atoms with van der Waals surface area (Å²) in [6.07, 6.45) is 0.156. The molecule has 5 heteroatoms. The minimum absolute atomic E-state index is 0.0327. The van der Waals surface area contributed by atoms with E-state index in [0.29, 0.717) is 18.7 Å².